The lowest BCUT2D eigenvalue weighted by atomic mass is 10.1. The van der Waals surface area contributed by atoms with Crippen LogP contribution in [0.5, 0.6) is 0 Å². The van der Waals surface area contributed by atoms with Gasteiger partial charge in [0.1, 0.15) is 17.4 Å². The Labute approximate surface area is 166 Å². The number of nitrogens with zero attached hydrogens (tertiary/aromatic N) is 1. The topological polar surface area (TPSA) is 68.3 Å². The molecular formula is C21H19FN2O3S. The summed E-state index contributed by atoms with van der Waals surface area (Å²) in [5.41, 5.74) is 3.00. The highest BCUT2D eigenvalue weighted by molar-refractivity contribution is 7.09. The molecule has 0 saturated carbocycles. The molecule has 28 heavy (non-hydrogen) atoms. The molecule has 0 fully saturated rings. The number of carbonyl (C=O) groups is 2. The number of hydrogen-bond acceptors (Lipinski definition) is 5. The summed E-state index contributed by atoms with van der Waals surface area (Å²) < 4.78 is 18.7. The van der Waals surface area contributed by atoms with Gasteiger partial charge in [-0.1, -0.05) is 23.8 Å². The average molecular weight is 398 g/mol. The zero-order valence-electron chi connectivity index (χ0n) is 15.5. The minimum absolute atomic E-state index is 0.0373. The minimum atomic E-state index is -0.620. The lowest BCUT2D eigenvalue weighted by molar-refractivity contribution is -0.115. The maximum Gasteiger partial charge on any atom is 0.338 e. The number of anilines is 1. The van der Waals surface area contributed by atoms with Gasteiger partial charge in [0.25, 0.3) is 0 Å². The lowest BCUT2D eigenvalue weighted by Gasteiger charge is -2.05. The van der Waals surface area contributed by atoms with Gasteiger partial charge in [-0.05, 0) is 43.7 Å². The fourth-order valence-electron chi connectivity index (χ4n) is 2.42. The van der Waals surface area contributed by atoms with E-state index in [0.29, 0.717) is 16.3 Å². The summed E-state index contributed by atoms with van der Waals surface area (Å²) in [7, 11) is 0. The fraction of sp³-hybridized carbons (Fsp3) is 0.190. The molecule has 0 saturated heterocycles. The third-order valence-corrected chi connectivity index (χ3v) is 4.90. The molecule has 0 aliphatic rings. The second-order valence-corrected chi connectivity index (χ2v) is 7.31. The Morgan fingerprint density at radius 3 is 2.61 bits per heavy atom. The van der Waals surface area contributed by atoms with Crippen LogP contribution in [-0.2, 0) is 22.6 Å². The van der Waals surface area contributed by atoms with E-state index in [0.717, 1.165) is 17.3 Å². The number of aryl methyl sites for hydroxylation is 2. The van der Waals surface area contributed by atoms with Crippen LogP contribution in [0.4, 0.5) is 10.1 Å². The molecule has 0 aliphatic heterocycles. The Bertz CT molecular complexity index is 999. The Morgan fingerprint density at radius 2 is 1.89 bits per heavy atom. The number of halogens is 1. The van der Waals surface area contributed by atoms with Gasteiger partial charge in [0.2, 0.25) is 5.91 Å². The summed E-state index contributed by atoms with van der Waals surface area (Å²) in [5.74, 6) is -1.24. The number of esters is 1. The van der Waals surface area contributed by atoms with Gasteiger partial charge >= 0.3 is 5.97 Å². The second-order valence-electron chi connectivity index (χ2n) is 6.36. The molecule has 3 aromatic rings. The first-order valence-corrected chi connectivity index (χ1v) is 9.52. The largest absolute Gasteiger partial charge is 0.456 e. The van der Waals surface area contributed by atoms with E-state index in [9.17, 15) is 14.0 Å². The third-order valence-electron chi connectivity index (χ3n) is 4.01. The summed E-state index contributed by atoms with van der Waals surface area (Å²) in [4.78, 5) is 28.4. The van der Waals surface area contributed by atoms with E-state index in [4.69, 9.17) is 4.74 Å². The molecule has 7 heteroatoms. The number of rotatable bonds is 6. The number of benzene rings is 2. The Hall–Kier alpha value is -3.06. The third kappa shape index (κ3) is 5.23. The molecule has 0 radical (unpaired) electrons. The molecule has 1 heterocycles. The molecule has 1 amide bonds. The van der Waals surface area contributed by atoms with Crippen LogP contribution in [0.1, 0.15) is 32.2 Å². The molecule has 144 valence electrons. The highest BCUT2D eigenvalue weighted by Crippen LogP contribution is 2.15. The first-order chi connectivity index (χ1) is 13.4. The maximum atomic E-state index is 13.5. The van der Waals surface area contributed by atoms with E-state index >= 15 is 0 Å². The van der Waals surface area contributed by atoms with Crippen molar-refractivity contribution in [1.29, 1.82) is 0 Å². The number of ether oxygens (including phenoxy) is 1. The van der Waals surface area contributed by atoms with Crippen LogP contribution in [0, 0.1) is 19.7 Å². The van der Waals surface area contributed by atoms with Crippen molar-refractivity contribution < 1.29 is 18.7 Å². The van der Waals surface area contributed by atoms with Crippen LogP contribution in [0.15, 0.2) is 47.8 Å². The van der Waals surface area contributed by atoms with Crippen molar-refractivity contribution in [1.82, 2.24) is 4.98 Å². The highest BCUT2D eigenvalue weighted by atomic mass is 32.1. The van der Waals surface area contributed by atoms with E-state index in [1.54, 1.807) is 12.3 Å². The van der Waals surface area contributed by atoms with E-state index in [1.165, 1.54) is 23.5 Å². The summed E-state index contributed by atoms with van der Waals surface area (Å²) in [5, 5.41) is 5.17. The van der Waals surface area contributed by atoms with Gasteiger partial charge in [-0.2, -0.15) is 0 Å². The average Bonchev–Trinajstić information content (AvgIpc) is 3.11. The summed E-state index contributed by atoms with van der Waals surface area (Å²) in [6.45, 7) is 3.56. The predicted molar refractivity (Wildman–Crippen MR) is 106 cm³/mol. The van der Waals surface area contributed by atoms with Gasteiger partial charge < -0.3 is 10.1 Å². The lowest BCUT2D eigenvalue weighted by Crippen LogP contribution is -2.14. The number of nitrogens with one attached hydrogen (secondary N) is 1. The van der Waals surface area contributed by atoms with E-state index in [-0.39, 0.29) is 24.5 Å². The van der Waals surface area contributed by atoms with Crippen molar-refractivity contribution in [2.75, 3.05) is 5.32 Å². The molecular weight excluding hydrogens is 379 g/mol. The second kappa shape index (κ2) is 8.75. The number of thiazole rings is 1. The SMILES string of the molecule is Cc1ccc(NC(=O)Cc2nc(COC(=O)c3ccc(C)c(F)c3)cs2)cc1. The first kappa shape index (κ1) is 19.7. The van der Waals surface area contributed by atoms with Crippen LogP contribution in [0.25, 0.3) is 0 Å². The van der Waals surface area contributed by atoms with Crippen molar-refractivity contribution in [3.05, 3.63) is 81.1 Å². The Balaban J connectivity index is 1.52. The number of aromatic nitrogens is 1. The summed E-state index contributed by atoms with van der Waals surface area (Å²) >= 11 is 1.32. The van der Waals surface area contributed by atoms with Gasteiger partial charge in [0.15, 0.2) is 0 Å². The van der Waals surface area contributed by atoms with Gasteiger partial charge in [0.05, 0.1) is 17.7 Å². The molecule has 2 aromatic carbocycles. The van der Waals surface area contributed by atoms with Crippen LogP contribution >= 0.6 is 11.3 Å². The highest BCUT2D eigenvalue weighted by Gasteiger charge is 2.12. The van der Waals surface area contributed by atoms with Gasteiger partial charge in [0, 0.05) is 11.1 Å². The number of hydrogen-bond donors (Lipinski definition) is 1. The van der Waals surface area contributed by atoms with Crippen molar-refractivity contribution in [3.8, 4) is 0 Å². The minimum Gasteiger partial charge on any atom is -0.456 e. The van der Waals surface area contributed by atoms with E-state index < -0.39 is 11.8 Å². The Kier molecular flexibility index (Phi) is 6.16. The quantitative estimate of drug-likeness (QED) is 0.624. The van der Waals surface area contributed by atoms with Crippen LogP contribution < -0.4 is 5.32 Å². The van der Waals surface area contributed by atoms with Crippen molar-refractivity contribution in [2.45, 2.75) is 26.9 Å². The molecule has 1 N–H and O–H groups in total. The normalized spacial score (nSPS) is 10.5. The van der Waals surface area contributed by atoms with Crippen LogP contribution in [-0.4, -0.2) is 16.9 Å². The molecule has 3 rings (SSSR count). The summed E-state index contributed by atoms with van der Waals surface area (Å²) in [6.07, 6.45) is 0.135. The molecule has 0 bridgehead atoms. The van der Waals surface area contributed by atoms with Gasteiger partial charge in [-0.3, -0.25) is 4.79 Å². The van der Waals surface area contributed by atoms with Crippen LogP contribution in [0.3, 0.4) is 0 Å². The molecule has 5 nitrogen and oxygen atoms in total. The van der Waals surface area contributed by atoms with Crippen molar-refractivity contribution in [3.63, 3.8) is 0 Å². The molecule has 0 unspecified atom stereocenters. The fourth-order valence-corrected chi connectivity index (χ4v) is 3.20. The number of carbonyl (C=O) groups excluding carboxylic acids is 2. The number of amides is 1. The predicted octanol–water partition coefficient (Wildman–Crippen LogP) is 4.44. The molecule has 0 spiro atoms. The van der Waals surface area contributed by atoms with Crippen molar-refractivity contribution >= 4 is 28.9 Å². The maximum absolute atomic E-state index is 13.5. The monoisotopic (exact) mass is 398 g/mol. The molecule has 0 atom stereocenters. The zero-order chi connectivity index (χ0) is 20.1. The molecule has 0 aliphatic carbocycles. The van der Waals surface area contributed by atoms with Crippen LogP contribution in [0.2, 0.25) is 0 Å². The van der Waals surface area contributed by atoms with E-state index in [1.807, 2.05) is 31.2 Å². The van der Waals surface area contributed by atoms with E-state index in [2.05, 4.69) is 10.3 Å². The Morgan fingerprint density at radius 1 is 1.14 bits per heavy atom. The standard InChI is InChI=1S/C21H19FN2O3S/c1-13-3-7-16(8-4-13)23-19(25)10-20-24-17(12-28-20)11-27-21(26)15-6-5-14(2)18(22)9-15/h3-9,12H,10-11H2,1-2H3,(H,23,25). The first-order valence-electron chi connectivity index (χ1n) is 8.64. The van der Waals surface area contributed by atoms with Gasteiger partial charge in [-0.15, -0.1) is 11.3 Å². The smallest absolute Gasteiger partial charge is 0.338 e. The summed E-state index contributed by atoms with van der Waals surface area (Å²) in [6, 6.07) is 11.7. The van der Waals surface area contributed by atoms with Crippen molar-refractivity contribution in [2.24, 2.45) is 0 Å². The molecule has 1 aromatic heterocycles. The zero-order valence-corrected chi connectivity index (χ0v) is 16.3. The van der Waals surface area contributed by atoms with Gasteiger partial charge in [-0.25, -0.2) is 14.2 Å².